The predicted octanol–water partition coefficient (Wildman–Crippen LogP) is -0.461. The van der Waals surface area contributed by atoms with Crippen molar-refractivity contribution >= 4 is 5.91 Å². The summed E-state index contributed by atoms with van der Waals surface area (Å²) in [6, 6.07) is 0.599. The number of amides is 1. The highest BCUT2D eigenvalue weighted by Crippen LogP contribution is 2.15. The average Bonchev–Trinajstić information content (AvgIpc) is 2.54. The fourth-order valence-electron chi connectivity index (χ4n) is 3.37. The zero-order valence-electron chi connectivity index (χ0n) is 14.2. The zero-order chi connectivity index (χ0) is 15.9. The number of piperazine rings is 1. The van der Waals surface area contributed by atoms with Gasteiger partial charge in [0.2, 0.25) is 5.91 Å². The topological polar surface area (TPSA) is 50.3 Å². The molecule has 2 heterocycles. The van der Waals surface area contributed by atoms with E-state index in [1.54, 1.807) is 0 Å². The minimum Gasteiger partial charge on any atom is -0.396 e. The van der Waals surface area contributed by atoms with Crippen molar-refractivity contribution in [3.05, 3.63) is 0 Å². The summed E-state index contributed by atoms with van der Waals surface area (Å²) in [4.78, 5) is 21.3. The van der Waals surface area contributed by atoms with Crippen LogP contribution in [0.25, 0.3) is 0 Å². The Morgan fingerprint density at radius 2 is 1.77 bits per heavy atom. The van der Waals surface area contributed by atoms with Crippen molar-refractivity contribution in [1.82, 2.24) is 19.6 Å². The lowest BCUT2D eigenvalue weighted by molar-refractivity contribution is -0.134. The smallest absolute Gasteiger partial charge is 0.236 e. The van der Waals surface area contributed by atoms with Crippen LogP contribution in [0.5, 0.6) is 0 Å². The van der Waals surface area contributed by atoms with Crippen LogP contribution in [0.4, 0.5) is 0 Å². The Morgan fingerprint density at radius 3 is 2.36 bits per heavy atom. The molecule has 6 nitrogen and oxygen atoms in total. The van der Waals surface area contributed by atoms with E-state index >= 15 is 0 Å². The van der Waals surface area contributed by atoms with Gasteiger partial charge in [0, 0.05) is 58.5 Å². The van der Waals surface area contributed by atoms with Crippen LogP contribution in [0, 0.1) is 0 Å². The fourth-order valence-corrected chi connectivity index (χ4v) is 3.37. The summed E-state index contributed by atoms with van der Waals surface area (Å²) in [5.74, 6) is 0.292. The second-order valence-electron chi connectivity index (χ2n) is 6.75. The van der Waals surface area contributed by atoms with E-state index in [-0.39, 0.29) is 6.61 Å². The molecular formula is C16H32N4O2. The van der Waals surface area contributed by atoms with Gasteiger partial charge in [0.15, 0.2) is 0 Å². The first-order valence-electron chi connectivity index (χ1n) is 8.60. The minimum absolute atomic E-state index is 0.267. The van der Waals surface area contributed by atoms with Crippen molar-refractivity contribution in [2.75, 3.05) is 73.1 Å². The van der Waals surface area contributed by atoms with E-state index < -0.39 is 0 Å². The number of hydrogen-bond donors (Lipinski definition) is 1. The highest BCUT2D eigenvalue weighted by Gasteiger charge is 2.25. The normalized spacial score (nSPS) is 22.5. The molecular weight excluding hydrogens is 280 g/mol. The van der Waals surface area contributed by atoms with E-state index in [4.69, 9.17) is 5.11 Å². The molecule has 2 aliphatic rings. The first kappa shape index (κ1) is 17.7. The Labute approximate surface area is 134 Å². The van der Waals surface area contributed by atoms with Crippen LogP contribution < -0.4 is 0 Å². The van der Waals surface area contributed by atoms with Gasteiger partial charge < -0.3 is 19.8 Å². The standard InChI is InChI=1S/C16H32N4O2/c1-17-9-11-20(12-10-17)16(22)14-19-7-4-15(5-8-19)18(2)6-3-13-21/h15,21H,3-14H2,1-2H3. The Bertz CT molecular complexity index is 337. The number of carbonyl (C=O) groups is 1. The molecule has 0 aliphatic carbocycles. The molecule has 0 radical (unpaired) electrons. The van der Waals surface area contributed by atoms with Gasteiger partial charge in [-0.2, -0.15) is 0 Å². The monoisotopic (exact) mass is 312 g/mol. The summed E-state index contributed by atoms with van der Waals surface area (Å²) in [6.45, 7) is 7.54. The summed E-state index contributed by atoms with van der Waals surface area (Å²) < 4.78 is 0. The molecule has 2 saturated heterocycles. The Kier molecular flexibility index (Phi) is 7.08. The molecule has 0 aromatic heterocycles. The molecule has 0 aromatic carbocycles. The third kappa shape index (κ3) is 5.19. The van der Waals surface area contributed by atoms with E-state index in [2.05, 4.69) is 28.8 Å². The van der Waals surface area contributed by atoms with Crippen LogP contribution in [0.1, 0.15) is 19.3 Å². The maximum absolute atomic E-state index is 12.4. The molecule has 0 unspecified atom stereocenters. The van der Waals surface area contributed by atoms with Crippen molar-refractivity contribution in [2.24, 2.45) is 0 Å². The van der Waals surface area contributed by atoms with Crippen LogP contribution >= 0.6 is 0 Å². The summed E-state index contributed by atoms with van der Waals surface area (Å²) in [5.41, 5.74) is 0. The van der Waals surface area contributed by atoms with E-state index in [1.807, 2.05) is 4.90 Å². The van der Waals surface area contributed by atoms with Crippen LogP contribution in [-0.4, -0.2) is 110 Å². The van der Waals surface area contributed by atoms with Gasteiger partial charge in [-0.25, -0.2) is 0 Å². The van der Waals surface area contributed by atoms with Gasteiger partial charge in [0.1, 0.15) is 0 Å². The summed E-state index contributed by atoms with van der Waals surface area (Å²) >= 11 is 0. The van der Waals surface area contributed by atoms with Gasteiger partial charge in [-0.1, -0.05) is 0 Å². The molecule has 1 amide bonds. The van der Waals surface area contributed by atoms with Crippen molar-refractivity contribution in [1.29, 1.82) is 0 Å². The Hall–Kier alpha value is -0.690. The zero-order valence-corrected chi connectivity index (χ0v) is 14.2. The maximum Gasteiger partial charge on any atom is 0.236 e. The second-order valence-corrected chi connectivity index (χ2v) is 6.75. The van der Waals surface area contributed by atoms with Crippen LogP contribution in [0.3, 0.4) is 0 Å². The molecule has 2 fully saturated rings. The lowest BCUT2D eigenvalue weighted by Gasteiger charge is -2.38. The third-order valence-electron chi connectivity index (χ3n) is 5.06. The third-order valence-corrected chi connectivity index (χ3v) is 5.06. The highest BCUT2D eigenvalue weighted by atomic mass is 16.3. The molecule has 22 heavy (non-hydrogen) atoms. The predicted molar refractivity (Wildman–Crippen MR) is 87.9 cm³/mol. The largest absolute Gasteiger partial charge is 0.396 e. The lowest BCUT2D eigenvalue weighted by atomic mass is 10.0. The molecule has 1 N–H and O–H groups in total. The van der Waals surface area contributed by atoms with Crippen LogP contribution in [0.2, 0.25) is 0 Å². The lowest BCUT2D eigenvalue weighted by Crippen LogP contribution is -2.51. The molecule has 0 saturated carbocycles. The second kappa shape index (κ2) is 8.82. The van der Waals surface area contributed by atoms with Crippen LogP contribution in [-0.2, 0) is 4.79 Å². The van der Waals surface area contributed by atoms with E-state index in [1.165, 1.54) is 0 Å². The van der Waals surface area contributed by atoms with Gasteiger partial charge >= 0.3 is 0 Å². The summed E-state index contributed by atoms with van der Waals surface area (Å²) in [6.07, 6.45) is 3.09. The molecule has 6 heteroatoms. The number of hydrogen-bond acceptors (Lipinski definition) is 5. The van der Waals surface area contributed by atoms with E-state index in [9.17, 15) is 4.79 Å². The Balaban J connectivity index is 1.67. The number of likely N-dealkylation sites (tertiary alicyclic amines) is 1. The molecule has 0 bridgehead atoms. The first-order valence-corrected chi connectivity index (χ1v) is 8.60. The van der Waals surface area contributed by atoms with E-state index in [0.29, 0.717) is 18.5 Å². The molecule has 0 spiro atoms. The molecule has 0 aromatic rings. The number of likely N-dealkylation sites (N-methyl/N-ethyl adjacent to an activating group) is 1. The SMILES string of the molecule is CN1CCN(C(=O)CN2CCC(N(C)CCCO)CC2)CC1. The quantitative estimate of drug-likeness (QED) is 0.719. The van der Waals surface area contributed by atoms with Crippen LogP contribution in [0.15, 0.2) is 0 Å². The van der Waals surface area contributed by atoms with Gasteiger partial charge in [0.25, 0.3) is 0 Å². The van der Waals surface area contributed by atoms with Gasteiger partial charge in [0.05, 0.1) is 6.54 Å². The molecule has 128 valence electrons. The number of carbonyl (C=O) groups excluding carboxylic acids is 1. The van der Waals surface area contributed by atoms with Crippen molar-refractivity contribution in [3.8, 4) is 0 Å². The van der Waals surface area contributed by atoms with E-state index in [0.717, 1.165) is 65.1 Å². The number of aliphatic hydroxyl groups excluding tert-OH is 1. The van der Waals surface area contributed by atoms with Gasteiger partial charge in [-0.15, -0.1) is 0 Å². The van der Waals surface area contributed by atoms with Crippen molar-refractivity contribution in [3.63, 3.8) is 0 Å². The van der Waals surface area contributed by atoms with Gasteiger partial charge in [-0.05, 0) is 33.4 Å². The minimum atomic E-state index is 0.267. The number of rotatable bonds is 6. The highest BCUT2D eigenvalue weighted by molar-refractivity contribution is 5.78. The number of nitrogens with zero attached hydrogens (tertiary/aromatic N) is 4. The Morgan fingerprint density at radius 1 is 1.14 bits per heavy atom. The average molecular weight is 312 g/mol. The molecule has 0 atom stereocenters. The fraction of sp³-hybridized carbons (Fsp3) is 0.938. The number of aliphatic hydroxyl groups is 1. The molecule has 2 aliphatic heterocycles. The van der Waals surface area contributed by atoms with Crippen molar-refractivity contribution < 1.29 is 9.90 Å². The maximum atomic E-state index is 12.4. The summed E-state index contributed by atoms with van der Waals surface area (Å²) in [5, 5.41) is 8.91. The van der Waals surface area contributed by atoms with Crippen molar-refractivity contribution in [2.45, 2.75) is 25.3 Å². The number of piperidine rings is 1. The molecule has 2 rings (SSSR count). The summed E-state index contributed by atoms with van der Waals surface area (Å²) in [7, 11) is 4.26. The first-order chi connectivity index (χ1) is 10.6. The van der Waals surface area contributed by atoms with Gasteiger partial charge in [-0.3, -0.25) is 9.69 Å².